The van der Waals surface area contributed by atoms with Gasteiger partial charge < -0.3 is 9.47 Å². The fraction of sp³-hybridized carbons (Fsp3) is 0.621. The molecule has 10 heteroatoms. The van der Waals surface area contributed by atoms with Crippen molar-refractivity contribution < 1.29 is 22.7 Å². The second-order valence-corrected chi connectivity index (χ2v) is 14.1. The van der Waals surface area contributed by atoms with E-state index in [2.05, 4.69) is 15.9 Å². The van der Waals surface area contributed by atoms with E-state index < -0.39 is 16.3 Å². The lowest BCUT2D eigenvalue weighted by Crippen LogP contribution is -2.45. The average molecular weight is 576 g/mol. The molecule has 0 radical (unpaired) electrons. The smallest absolute Gasteiger partial charge is 0.243 e. The molecule has 2 aromatic rings. The summed E-state index contributed by atoms with van der Waals surface area (Å²) < 4.78 is 40.5. The number of benzene rings is 1. The van der Waals surface area contributed by atoms with Gasteiger partial charge in [-0.15, -0.1) is 11.3 Å². The van der Waals surface area contributed by atoms with E-state index in [-0.39, 0.29) is 12.6 Å². The van der Waals surface area contributed by atoms with Gasteiger partial charge in [0.15, 0.2) is 12.5 Å². The van der Waals surface area contributed by atoms with Crippen molar-refractivity contribution in [3.8, 4) is 5.75 Å². The highest BCUT2D eigenvalue weighted by Gasteiger charge is 2.38. The first-order valence-electron chi connectivity index (χ1n) is 14.1. The third kappa shape index (κ3) is 6.26. The molecule has 8 nitrogen and oxygen atoms in total. The number of thiophene rings is 1. The van der Waals surface area contributed by atoms with Crippen LogP contribution < -0.4 is 4.74 Å². The van der Waals surface area contributed by atoms with Crippen LogP contribution in [0.5, 0.6) is 5.75 Å². The molecule has 0 saturated carbocycles. The lowest BCUT2D eigenvalue weighted by atomic mass is 10.1. The number of likely N-dealkylation sites (tertiary alicyclic amines) is 1. The van der Waals surface area contributed by atoms with Gasteiger partial charge >= 0.3 is 0 Å². The summed E-state index contributed by atoms with van der Waals surface area (Å²) >= 11 is 1.91. The van der Waals surface area contributed by atoms with Crippen molar-refractivity contribution in [1.29, 1.82) is 0 Å². The first-order valence-corrected chi connectivity index (χ1v) is 16.4. The largest absolute Gasteiger partial charge is 0.497 e. The number of piperidine rings is 1. The molecule has 1 aromatic heterocycles. The zero-order valence-electron chi connectivity index (χ0n) is 23.4. The van der Waals surface area contributed by atoms with Gasteiger partial charge in [-0.05, 0) is 93.9 Å². The Kier molecular flexibility index (Phi) is 9.10. The van der Waals surface area contributed by atoms with Crippen LogP contribution in [-0.4, -0.2) is 81.0 Å². The summed E-state index contributed by atoms with van der Waals surface area (Å²) in [5, 5.41) is 0. The molecule has 2 unspecified atom stereocenters. The van der Waals surface area contributed by atoms with Crippen molar-refractivity contribution >= 4 is 27.6 Å². The van der Waals surface area contributed by atoms with Gasteiger partial charge in [-0.1, -0.05) is 6.42 Å². The summed E-state index contributed by atoms with van der Waals surface area (Å²) in [6, 6.07) is 5.54. The molecule has 2 fully saturated rings. The molecule has 3 aliphatic heterocycles. The van der Waals surface area contributed by atoms with Crippen LogP contribution >= 0.6 is 11.3 Å². The second kappa shape index (κ2) is 12.4. The number of ether oxygens (including phenoxy) is 2. The molecule has 0 N–H and O–H groups in total. The van der Waals surface area contributed by atoms with Gasteiger partial charge in [0.25, 0.3) is 0 Å². The molecule has 2 saturated heterocycles. The molecule has 0 aliphatic carbocycles. The SMILES string of the molecule is COc1cc(C)c(S(=O)(=O)N2CCCC2COC(C=O)N2CCc3sc(CN4CCCCC4)cc3C2)c(C)c1. The maximum atomic E-state index is 13.7. The van der Waals surface area contributed by atoms with Crippen molar-refractivity contribution in [1.82, 2.24) is 14.1 Å². The lowest BCUT2D eigenvalue weighted by molar-refractivity contribution is -0.134. The fourth-order valence-electron chi connectivity index (χ4n) is 6.33. The molecule has 39 heavy (non-hydrogen) atoms. The quantitative estimate of drug-likeness (QED) is 0.395. The van der Waals surface area contributed by atoms with E-state index in [0.717, 1.165) is 32.2 Å². The van der Waals surface area contributed by atoms with Gasteiger partial charge in [0.1, 0.15) is 5.75 Å². The van der Waals surface area contributed by atoms with Gasteiger partial charge in [0.2, 0.25) is 10.0 Å². The number of hydrogen-bond donors (Lipinski definition) is 0. The Labute approximate surface area is 236 Å². The number of sulfonamides is 1. The summed E-state index contributed by atoms with van der Waals surface area (Å²) in [4.78, 5) is 19.9. The first-order chi connectivity index (χ1) is 18.8. The second-order valence-electron chi connectivity index (χ2n) is 11.1. The Balaban J connectivity index is 1.22. The molecule has 4 heterocycles. The third-order valence-electron chi connectivity index (χ3n) is 8.27. The van der Waals surface area contributed by atoms with Crippen molar-refractivity contribution in [2.24, 2.45) is 0 Å². The van der Waals surface area contributed by atoms with Crippen LogP contribution in [0.4, 0.5) is 0 Å². The minimum Gasteiger partial charge on any atom is -0.497 e. The average Bonchev–Trinajstić information content (AvgIpc) is 3.56. The zero-order chi connectivity index (χ0) is 27.6. The monoisotopic (exact) mass is 575 g/mol. The molecule has 0 spiro atoms. The van der Waals surface area contributed by atoms with Crippen LogP contribution in [0, 0.1) is 13.8 Å². The highest BCUT2D eigenvalue weighted by molar-refractivity contribution is 7.89. The van der Waals surface area contributed by atoms with E-state index in [0.29, 0.717) is 41.3 Å². The number of aryl methyl sites for hydroxylation is 2. The molecule has 2 atom stereocenters. The van der Waals surface area contributed by atoms with Crippen molar-refractivity contribution in [2.75, 3.05) is 39.9 Å². The predicted octanol–water partition coefficient (Wildman–Crippen LogP) is 4.11. The molecule has 5 rings (SSSR count). The first kappa shape index (κ1) is 28.7. The number of carbonyl (C=O) groups is 1. The standard InChI is InChI=1S/C29H41N3O5S2/c1-21-14-25(36-3)15-22(2)29(21)39(34,35)32-12-7-8-24(32)20-37-28(19-33)31-13-9-27-23(17-31)16-26(38-27)18-30-10-5-4-6-11-30/h14-16,19,24,28H,4-13,17-18,20H2,1-3H3. The van der Waals surface area contributed by atoms with E-state index in [1.54, 1.807) is 37.4 Å². The number of aldehydes is 1. The highest BCUT2D eigenvalue weighted by atomic mass is 32.2. The van der Waals surface area contributed by atoms with Crippen LogP contribution in [0.1, 0.15) is 58.5 Å². The predicted molar refractivity (Wildman–Crippen MR) is 153 cm³/mol. The third-order valence-corrected chi connectivity index (χ3v) is 11.8. The maximum Gasteiger partial charge on any atom is 0.243 e. The molecule has 0 amide bonds. The summed E-state index contributed by atoms with van der Waals surface area (Å²) in [6.07, 6.45) is 6.49. The molecule has 0 bridgehead atoms. The Hall–Kier alpha value is -1.82. The van der Waals surface area contributed by atoms with E-state index in [1.165, 1.54) is 47.7 Å². The number of hydrogen-bond acceptors (Lipinski definition) is 8. The Morgan fingerprint density at radius 1 is 1.05 bits per heavy atom. The Morgan fingerprint density at radius 3 is 2.49 bits per heavy atom. The number of methoxy groups -OCH3 is 1. The van der Waals surface area contributed by atoms with Crippen LogP contribution in [0.2, 0.25) is 0 Å². The summed E-state index contributed by atoms with van der Waals surface area (Å²) in [6.45, 7) is 9.09. The van der Waals surface area contributed by atoms with Gasteiger partial charge in [0, 0.05) is 42.0 Å². The van der Waals surface area contributed by atoms with E-state index in [9.17, 15) is 13.2 Å². The number of carbonyl (C=O) groups excluding carboxylic acids is 1. The molecular weight excluding hydrogens is 534 g/mol. The van der Waals surface area contributed by atoms with Gasteiger partial charge in [-0.25, -0.2) is 8.42 Å². The summed E-state index contributed by atoms with van der Waals surface area (Å²) in [5.74, 6) is 0.646. The van der Waals surface area contributed by atoms with Crippen molar-refractivity contribution in [3.05, 3.63) is 44.6 Å². The fourth-order valence-corrected chi connectivity index (χ4v) is 9.64. The number of fused-ring (bicyclic) bond motifs is 1. The van der Waals surface area contributed by atoms with Gasteiger partial charge in [-0.3, -0.25) is 14.6 Å². The number of nitrogens with zero attached hydrogens (tertiary/aromatic N) is 3. The summed E-state index contributed by atoms with van der Waals surface area (Å²) in [7, 11) is -2.13. The van der Waals surface area contributed by atoms with E-state index >= 15 is 0 Å². The lowest BCUT2D eigenvalue weighted by Gasteiger charge is -2.33. The van der Waals surface area contributed by atoms with E-state index in [1.807, 2.05) is 11.3 Å². The highest BCUT2D eigenvalue weighted by Crippen LogP contribution is 2.33. The number of rotatable bonds is 10. The van der Waals surface area contributed by atoms with Crippen LogP contribution in [0.3, 0.4) is 0 Å². The van der Waals surface area contributed by atoms with Crippen molar-refractivity contribution in [3.63, 3.8) is 0 Å². The zero-order valence-corrected chi connectivity index (χ0v) is 25.0. The Bertz CT molecular complexity index is 1250. The van der Waals surface area contributed by atoms with Crippen LogP contribution in [0.15, 0.2) is 23.1 Å². The van der Waals surface area contributed by atoms with Crippen LogP contribution in [-0.2, 0) is 39.1 Å². The van der Waals surface area contributed by atoms with Crippen molar-refractivity contribution in [2.45, 2.75) is 82.6 Å². The van der Waals surface area contributed by atoms with Gasteiger partial charge in [0.05, 0.1) is 18.6 Å². The minimum absolute atomic E-state index is 0.199. The molecular formula is C29H41N3O5S2. The normalized spacial score (nSPS) is 22.1. The topological polar surface area (TPSA) is 79.4 Å². The maximum absolute atomic E-state index is 13.7. The molecule has 214 valence electrons. The molecule has 1 aromatic carbocycles. The van der Waals surface area contributed by atoms with E-state index in [4.69, 9.17) is 9.47 Å². The molecule has 3 aliphatic rings. The van der Waals surface area contributed by atoms with Crippen LogP contribution in [0.25, 0.3) is 0 Å². The summed E-state index contributed by atoms with van der Waals surface area (Å²) in [5.41, 5.74) is 2.64. The van der Waals surface area contributed by atoms with Gasteiger partial charge in [-0.2, -0.15) is 4.31 Å². The minimum atomic E-state index is -3.71. The Morgan fingerprint density at radius 2 is 1.79 bits per heavy atom.